The van der Waals surface area contributed by atoms with Crippen molar-refractivity contribution < 1.29 is 23.1 Å². The molecule has 0 bridgehead atoms. The van der Waals surface area contributed by atoms with Gasteiger partial charge in [-0.05, 0) is 6.07 Å². The van der Waals surface area contributed by atoms with Gasteiger partial charge in [-0.1, -0.05) is 0 Å². The number of anilines is 1. The molecule has 2 heterocycles. The monoisotopic (exact) mass is 367 g/mol. The van der Waals surface area contributed by atoms with Gasteiger partial charge in [0.25, 0.3) is 0 Å². The molecule has 0 amide bonds. The number of aromatic nitrogens is 1. The van der Waals surface area contributed by atoms with Crippen LogP contribution in [0.25, 0.3) is 10.9 Å². The molecule has 2 atom stereocenters. The number of carboxylic acids is 1. The SMILES string of the molecule is O=C(O)c1cn([C@H]2C[C@@H]2F)c2c(F)c(N3CCNCC3)c(F)cc2c1=O. The number of alkyl halides is 1. The molecule has 9 heteroatoms. The quantitative estimate of drug-likeness (QED) is 0.863. The van der Waals surface area contributed by atoms with E-state index in [2.05, 4.69) is 5.32 Å². The molecule has 6 nitrogen and oxygen atoms in total. The molecular weight excluding hydrogens is 351 g/mol. The van der Waals surface area contributed by atoms with Crippen LogP contribution in [0.1, 0.15) is 22.8 Å². The van der Waals surface area contributed by atoms with Gasteiger partial charge >= 0.3 is 5.97 Å². The summed E-state index contributed by atoms with van der Waals surface area (Å²) in [5, 5.41) is 11.9. The smallest absolute Gasteiger partial charge is 0.341 e. The molecule has 0 radical (unpaired) electrons. The molecule has 1 aliphatic heterocycles. The molecule has 0 spiro atoms. The maximum Gasteiger partial charge on any atom is 0.341 e. The Hall–Kier alpha value is -2.55. The Morgan fingerprint density at radius 3 is 2.50 bits per heavy atom. The fourth-order valence-electron chi connectivity index (χ4n) is 3.46. The fourth-order valence-corrected chi connectivity index (χ4v) is 3.46. The van der Waals surface area contributed by atoms with E-state index in [0.717, 1.165) is 16.8 Å². The van der Waals surface area contributed by atoms with Crippen molar-refractivity contribution in [1.29, 1.82) is 0 Å². The predicted octanol–water partition coefficient (Wildman–Crippen LogP) is 1.67. The Balaban J connectivity index is 2.02. The number of carbonyl (C=O) groups is 1. The summed E-state index contributed by atoms with van der Waals surface area (Å²) in [7, 11) is 0. The van der Waals surface area contributed by atoms with Gasteiger partial charge in [0.1, 0.15) is 23.2 Å². The highest BCUT2D eigenvalue weighted by atomic mass is 19.1. The van der Waals surface area contributed by atoms with Crippen LogP contribution < -0.4 is 15.6 Å². The number of fused-ring (bicyclic) bond motifs is 1. The first-order valence-electron chi connectivity index (χ1n) is 8.30. The van der Waals surface area contributed by atoms with Crippen LogP contribution in [0.15, 0.2) is 17.1 Å². The first-order valence-corrected chi connectivity index (χ1v) is 8.30. The first-order chi connectivity index (χ1) is 12.4. The second-order valence-electron chi connectivity index (χ2n) is 6.56. The fraction of sp³-hybridized carbons (Fsp3) is 0.412. The molecule has 4 rings (SSSR count). The highest BCUT2D eigenvalue weighted by Crippen LogP contribution is 2.42. The molecule has 1 saturated heterocycles. The standard InChI is InChI=1S/C17H16F3N3O3/c18-10-6-12(10)23-7-9(17(25)26)16(24)8-5-11(19)15(13(20)14(8)23)22-3-1-21-2-4-22/h5,7,10,12,21H,1-4,6H2,(H,25,26)/t10-,12-/m0/s1. The lowest BCUT2D eigenvalue weighted by Crippen LogP contribution is -2.44. The van der Waals surface area contributed by atoms with Crippen LogP contribution in [0.4, 0.5) is 18.9 Å². The van der Waals surface area contributed by atoms with Gasteiger partial charge in [0.2, 0.25) is 5.43 Å². The van der Waals surface area contributed by atoms with Gasteiger partial charge in [0.05, 0.1) is 16.9 Å². The van der Waals surface area contributed by atoms with Crippen LogP contribution in [-0.2, 0) is 0 Å². The summed E-state index contributed by atoms with van der Waals surface area (Å²) in [6.45, 7) is 1.87. The van der Waals surface area contributed by atoms with E-state index >= 15 is 4.39 Å². The summed E-state index contributed by atoms with van der Waals surface area (Å²) in [5.41, 5.74) is -2.14. The maximum absolute atomic E-state index is 15.3. The third-order valence-corrected chi connectivity index (χ3v) is 4.89. The van der Waals surface area contributed by atoms with E-state index in [0.29, 0.717) is 26.2 Å². The van der Waals surface area contributed by atoms with Gasteiger partial charge < -0.3 is 19.9 Å². The average Bonchev–Trinajstić information content (AvgIpc) is 3.33. The zero-order valence-corrected chi connectivity index (χ0v) is 13.6. The highest BCUT2D eigenvalue weighted by Gasteiger charge is 2.41. The molecule has 138 valence electrons. The van der Waals surface area contributed by atoms with E-state index in [9.17, 15) is 23.5 Å². The van der Waals surface area contributed by atoms with Gasteiger partial charge in [-0.2, -0.15) is 0 Å². The van der Waals surface area contributed by atoms with E-state index in [1.54, 1.807) is 0 Å². The number of benzene rings is 1. The van der Waals surface area contributed by atoms with Crippen molar-refractivity contribution in [2.75, 3.05) is 31.1 Å². The molecule has 1 saturated carbocycles. The molecule has 2 N–H and O–H groups in total. The van der Waals surface area contributed by atoms with Gasteiger partial charge in [-0.15, -0.1) is 0 Å². The molecule has 1 aromatic carbocycles. The van der Waals surface area contributed by atoms with Crippen molar-refractivity contribution in [3.05, 3.63) is 39.7 Å². The number of hydrogen-bond acceptors (Lipinski definition) is 4. The van der Waals surface area contributed by atoms with Gasteiger partial charge in [0, 0.05) is 38.8 Å². The van der Waals surface area contributed by atoms with Crippen molar-refractivity contribution in [3.63, 3.8) is 0 Å². The maximum atomic E-state index is 15.3. The third-order valence-electron chi connectivity index (χ3n) is 4.89. The molecule has 2 aromatic rings. The molecular formula is C17H16F3N3O3. The van der Waals surface area contributed by atoms with E-state index in [-0.39, 0.29) is 17.6 Å². The predicted molar refractivity (Wildman–Crippen MR) is 88.7 cm³/mol. The van der Waals surface area contributed by atoms with Crippen molar-refractivity contribution in [2.45, 2.75) is 18.6 Å². The largest absolute Gasteiger partial charge is 0.477 e. The molecule has 26 heavy (non-hydrogen) atoms. The van der Waals surface area contributed by atoms with Crippen LogP contribution in [0.2, 0.25) is 0 Å². The zero-order valence-electron chi connectivity index (χ0n) is 13.6. The Morgan fingerprint density at radius 1 is 1.27 bits per heavy atom. The van der Waals surface area contributed by atoms with Crippen LogP contribution >= 0.6 is 0 Å². The molecule has 2 aliphatic rings. The number of nitrogens with zero attached hydrogens (tertiary/aromatic N) is 2. The lowest BCUT2D eigenvalue weighted by molar-refractivity contribution is 0.0694. The normalized spacial score (nSPS) is 22.7. The lowest BCUT2D eigenvalue weighted by Gasteiger charge is -2.30. The Morgan fingerprint density at radius 2 is 1.92 bits per heavy atom. The van der Waals surface area contributed by atoms with Crippen LogP contribution in [-0.4, -0.2) is 48.0 Å². The summed E-state index contributed by atoms with van der Waals surface area (Å²) in [4.78, 5) is 25.2. The van der Waals surface area contributed by atoms with E-state index < -0.39 is 46.2 Å². The van der Waals surface area contributed by atoms with Gasteiger partial charge in [0.15, 0.2) is 5.82 Å². The number of rotatable bonds is 3. The number of carboxylic acid groups (broad SMARTS) is 1. The van der Waals surface area contributed by atoms with E-state index in [4.69, 9.17) is 0 Å². The highest BCUT2D eigenvalue weighted by molar-refractivity contribution is 5.94. The summed E-state index contributed by atoms with van der Waals surface area (Å²) < 4.78 is 44.7. The summed E-state index contributed by atoms with van der Waals surface area (Å²) >= 11 is 0. The number of nitrogens with one attached hydrogen (secondary N) is 1. The van der Waals surface area contributed by atoms with Crippen molar-refractivity contribution in [3.8, 4) is 0 Å². The number of piperazine rings is 1. The lowest BCUT2D eigenvalue weighted by atomic mass is 10.1. The molecule has 1 aliphatic carbocycles. The third kappa shape index (κ3) is 2.54. The zero-order chi connectivity index (χ0) is 18.6. The molecule has 2 fully saturated rings. The van der Waals surface area contributed by atoms with Gasteiger partial charge in [-0.25, -0.2) is 18.0 Å². The molecule has 1 aromatic heterocycles. The minimum absolute atomic E-state index is 0.0941. The van der Waals surface area contributed by atoms with E-state index in [1.165, 1.54) is 4.90 Å². The summed E-state index contributed by atoms with van der Waals surface area (Å²) in [6, 6.07) is 0.100. The minimum Gasteiger partial charge on any atom is -0.477 e. The van der Waals surface area contributed by atoms with E-state index in [1.807, 2.05) is 0 Å². The Labute approximate surface area is 145 Å². The van der Waals surface area contributed by atoms with Crippen molar-refractivity contribution >= 4 is 22.6 Å². The summed E-state index contributed by atoms with van der Waals surface area (Å²) in [5.74, 6) is -3.42. The van der Waals surface area contributed by atoms with Crippen LogP contribution in [0, 0.1) is 11.6 Å². The number of hydrogen-bond donors (Lipinski definition) is 2. The second-order valence-corrected chi connectivity index (χ2v) is 6.56. The minimum atomic E-state index is -1.52. The second kappa shape index (κ2) is 6.01. The Kier molecular flexibility index (Phi) is 3.91. The number of aromatic carboxylic acids is 1. The topological polar surface area (TPSA) is 74.6 Å². The van der Waals surface area contributed by atoms with Gasteiger partial charge in [-0.3, -0.25) is 4.79 Å². The first kappa shape index (κ1) is 16.9. The van der Waals surface area contributed by atoms with Crippen molar-refractivity contribution in [1.82, 2.24) is 9.88 Å². The van der Waals surface area contributed by atoms with Crippen LogP contribution in [0.3, 0.4) is 0 Å². The van der Waals surface area contributed by atoms with Crippen molar-refractivity contribution in [2.24, 2.45) is 0 Å². The summed E-state index contributed by atoms with van der Waals surface area (Å²) in [6.07, 6.45) is -0.203. The molecule has 0 unspecified atom stereocenters. The Bertz CT molecular complexity index is 969. The average molecular weight is 367 g/mol. The van der Waals surface area contributed by atoms with Crippen LogP contribution in [0.5, 0.6) is 0 Å². The number of halogens is 3. The number of pyridine rings is 1.